The molecule has 2 aromatic rings. The van der Waals surface area contributed by atoms with E-state index < -0.39 is 6.10 Å². The van der Waals surface area contributed by atoms with E-state index in [1.54, 1.807) is 12.3 Å². The Kier molecular flexibility index (Phi) is 6.19. The molecule has 1 aliphatic rings. The lowest BCUT2D eigenvalue weighted by Crippen LogP contribution is -2.38. The molecule has 1 saturated carbocycles. The van der Waals surface area contributed by atoms with Crippen LogP contribution in [0.5, 0.6) is 0 Å². The number of fused-ring (bicyclic) bond motifs is 1. The highest BCUT2D eigenvalue weighted by Gasteiger charge is 2.16. The van der Waals surface area contributed by atoms with Crippen molar-refractivity contribution in [3.63, 3.8) is 0 Å². The minimum atomic E-state index is -0.700. The smallest absolute Gasteiger partial charge is 0.319 e. The number of aliphatic hydroxyl groups is 1. The zero-order valence-corrected chi connectivity index (χ0v) is 14.3. The lowest BCUT2D eigenvalue weighted by molar-refractivity contribution is -0.0221. The summed E-state index contributed by atoms with van der Waals surface area (Å²) in [5.74, 6) is 0. The van der Waals surface area contributed by atoms with Crippen molar-refractivity contribution in [1.29, 1.82) is 0 Å². The number of ether oxygens (including phenoxy) is 1. The average molecular weight is 343 g/mol. The van der Waals surface area contributed by atoms with Gasteiger partial charge >= 0.3 is 6.03 Å². The molecule has 1 heterocycles. The van der Waals surface area contributed by atoms with Gasteiger partial charge in [-0.2, -0.15) is 0 Å². The second kappa shape index (κ2) is 8.78. The summed E-state index contributed by atoms with van der Waals surface area (Å²) < 4.78 is 5.71. The summed E-state index contributed by atoms with van der Waals surface area (Å²) in [4.78, 5) is 16.2. The highest BCUT2D eigenvalue weighted by atomic mass is 16.5. The molecule has 0 unspecified atom stereocenters. The highest BCUT2D eigenvalue weighted by Crippen LogP contribution is 2.20. The lowest BCUT2D eigenvalue weighted by atomic mass is 9.98. The molecule has 1 fully saturated rings. The van der Waals surface area contributed by atoms with Gasteiger partial charge in [0.25, 0.3) is 0 Å². The summed E-state index contributed by atoms with van der Waals surface area (Å²) in [7, 11) is 0. The molecular formula is C19H25N3O3. The number of amides is 2. The zero-order chi connectivity index (χ0) is 17.5. The third kappa shape index (κ3) is 5.41. The molecule has 25 heavy (non-hydrogen) atoms. The van der Waals surface area contributed by atoms with Crippen molar-refractivity contribution in [2.45, 2.75) is 44.3 Å². The number of rotatable bonds is 6. The van der Waals surface area contributed by atoms with Crippen LogP contribution in [0.3, 0.4) is 0 Å². The number of hydrogen-bond donors (Lipinski definition) is 3. The van der Waals surface area contributed by atoms with Crippen molar-refractivity contribution in [3.8, 4) is 0 Å². The number of urea groups is 1. The first-order valence-electron chi connectivity index (χ1n) is 8.90. The van der Waals surface area contributed by atoms with Gasteiger partial charge in [-0.25, -0.2) is 4.79 Å². The maximum atomic E-state index is 12.0. The molecule has 1 aromatic heterocycles. The van der Waals surface area contributed by atoms with E-state index in [0.717, 1.165) is 23.7 Å². The Balaban J connectivity index is 1.40. The van der Waals surface area contributed by atoms with E-state index >= 15 is 0 Å². The maximum Gasteiger partial charge on any atom is 0.319 e. The zero-order valence-electron chi connectivity index (χ0n) is 14.3. The van der Waals surface area contributed by atoms with Gasteiger partial charge in [-0.05, 0) is 37.1 Å². The van der Waals surface area contributed by atoms with Crippen LogP contribution >= 0.6 is 0 Å². The number of nitrogens with zero attached hydrogens (tertiary/aromatic N) is 1. The third-order valence-electron chi connectivity index (χ3n) is 4.44. The first-order valence-corrected chi connectivity index (χ1v) is 8.90. The third-order valence-corrected chi connectivity index (χ3v) is 4.44. The largest absolute Gasteiger partial charge is 0.389 e. The van der Waals surface area contributed by atoms with Crippen molar-refractivity contribution in [1.82, 2.24) is 10.3 Å². The molecule has 0 spiro atoms. The Morgan fingerprint density at radius 2 is 2.12 bits per heavy atom. The molecule has 1 atom stereocenters. The van der Waals surface area contributed by atoms with Gasteiger partial charge in [0.05, 0.1) is 24.3 Å². The summed E-state index contributed by atoms with van der Waals surface area (Å²) in [5, 5.41) is 16.4. The van der Waals surface area contributed by atoms with E-state index in [1.165, 1.54) is 19.3 Å². The number of carbonyl (C=O) groups is 1. The molecule has 0 saturated heterocycles. The second-order valence-corrected chi connectivity index (χ2v) is 6.49. The molecule has 1 aromatic carbocycles. The van der Waals surface area contributed by atoms with E-state index in [2.05, 4.69) is 15.6 Å². The molecule has 3 N–H and O–H groups in total. The predicted octanol–water partition coefficient (Wildman–Crippen LogP) is 3.07. The van der Waals surface area contributed by atoms with Crippen LogP contribution in [0.15, 0.2) is 36.5 Å². The summed E-state index contributed by atoms with van der Waals surface area (Å²) in [6.07, 6.45) is 7.09. The Labute approximate surface area is 147 Å². The Hall–Kier alpha value is -2.18. The van der Waals surface area contributed by atoms with Crippen LogP contribution < -0.4 is 10.6 Å². The quantitative estimate of drug-likeness (QED) is 0.753. The second-order valence-electron chi connectivity index (χ2n) is 6.49. The molecular weight excluding hydrogens is 318 g/mol. The molecule has 6 heteroatoms. The monoisotopic (exact) mass is 343 g/mol. The van der Waals surface area contributed by atoms with Gasteiger partial charge in [0.1, 0.15) is 0 Å². The summed E-state index contributed by atoms with van der Waals surface area (Å²) in [6, 6.07) is 8.98. The number of carbonyl (C=O) groups excluding carboxylic acids is 1. The number of hydrogen-bond acceptors (Lipinski definition) is 4. The first-order chi connectivity index (χ1) is 12.2. The topological polar surface area (TPSA) is 83.5 Å². The van der Waals surface area contributed by atoms with Gasteiger partial charge in [-0.3, -0.25) is 4.98 Å². The molecule has 1 aliphatic carbocycles. The minimum Gasteiger partial charge on any atom is -0.389 e. The van der Waals surface area contributed by atoms with Crippen molar-refractivity contribution >= 4 is 22.6 Å². The Morgan fingerprint density at radius 3 is 2.96 bits per heavy atom. The van der Waals surface area contributed by atoms with E-state index in [1.807, 2.05) is 24.3 Å². The van der Waals surface area contributed by atoms with Crippen LogP contribution in [0.4, 0.5) is 10.5 Å². The molecule has 0 bridgehead atoms. The summed E-state index contributed by atoms with van der Waals surface area (Å²) in [5.41, 5.74) is 1.56. The van der Waals surface area contributed by atoms with Crippen molar-refractivity contribution in [3.05, 3.63) is 36.5 Å². The van der Waals surface area contributed by atoms with Crippen LogP contribution in [0.2, 0.25) is 0 Å². The summed E-state index contributed by atoms with van der Waals surface area (Å²) in [6.45, 7) is 0.417. The minimum absolute atomic E-state index is 0.160. The predicted molar refractivity (Wildman–Crippen MR) is 97.6 cm³/mol. The van der Waals surface area contributed by atoms with Gasteiger partial charge in [0.15, 0.2) is 0 Å². The van der Waals surface area contributed by atoms with Gasteiger partial charge < -0.3 is 20.5 Å². The Morgan fingerprint density at radius 1 is 1.28 bits per heavy atom. The fourth-order valence-corrected chi connectivity index (χ4v) is 3.08. The first kappa shape index (κ1) is 17.6. The highest BCUT2D eigenvalue weighted by molar-refractivity contribution is 5.92. The normalized spacial score (nSPS) is 16.5. The summed E-state index contributed by atoms with van der Waals surface area (Å²) >= 11 is 0. The number of anilines is 1. The number of aromatic nitrogens is 1. The molecule has 6 nitrogen and oxygen atoms in total. The van der Waals surface area contributed by atoms with Gasteiger partial charge in [-0.1, -0.05) is 25.3 Å². The molecule has 2 amide bonds. The van der Waals surface area contributed by atoms with Gasteiger partial charge in [-0.15, -0.1) is 0 Å². The maximum absolute atomic E-state index is 12.0. The van der Waals surface area contributed by atoms with Crippen molar-refractivity contribution < 1.29 is 14.6 Å². The standard InChI is InChI=1S/C19H25N3O3/c23-16(13-25-17-6-2-1-3-7-17)12-21-19(24)22-15-8-9-18-14(11-15)5-4-10-20-18/h4-5,8-11,16-17,23H,1-3,6-7,12-13H2,(H2,21,22,24)/t16-/m0/s1. The average Bonchev–Trinajstić information content (AvgIpc) is 2.65. The van der Waals surface area contributed by atoms with E-state index in [0.29, 0.717) is 5.69 Å². The number of nitrogens with one attached hydrogen (secondary N) is 2. The fraction of sp³-hybridized carbons (Fsp3) is 0.474. The lowest BCUT2D eigenvalue weighted by Gasteiger charge is -2.23. The van der Waals surface area contributed by atoms with Gasteiger partial charge in [0, 0.05) is 23.8 Å². The molecule has 0 aliphatic heterocycles. The van der Waals surface area contributed by atoms with E-state index in [-0.39, 0.29) is 25.3 Å². The fourth-order valence-electron chi connectivity index (χ4n) is 3.08. The molecule has 134 valence electrons. The van der Waals surface area contributed by atoms with Crippen molar-refractivity contribution in [2.75, 3.05) is 18.5 Å². The Bertz CT molecular complexity index is 701. The number of pyridine rings is 1. The van der Waals surface area contributed by atoms with Crippen LogP contribution in [-0.2, 0) is 4.74 Å². The molecule has 0 radical (unpaired) electrons. The van der Waals surface area contributed by atoms with Crippen LogP contribution in [0.25, 0.3) is 10.9 Å². The van der Waals surface area contributed by atoms with E-state index in [4.69, 9.17) is 4.74 Å². The van der Waals surface area contributed by atoms with Crippen LogP contribution in [0.1, 0.15) is 32.1 Å². The van der Waals surface area contributed by atoms with Crippen LogP contribution in [-0.4, -0.2) is 41.5 Å². The van der Waals surface area contributed by atoms with Gasteiger partial charge in [0.2, 0.25) is 0 Å². The number of benzene rings is 1. The van der Waals surface area contributed by atoms with E-state index in [9.17, 15) is 9.90 Å². The SMILES string of the molecule is O=C(NC[C@H](O)COC1CCCCC1)Nc1ccc2ncccc2c1. The van der Waals surface area contributed by atoms with Crippen LogP contribution in [0, 0.1) is 0 Å². The number of aliphatic hydroxyl groups excluding tert-OH is 1. The van der Waals surface area contributed by atoms with Crippen molar-refractivity contribution in [2.24, 2.45) is 0 Å². The molecule has 3 rings (SSSR count).